The molecule has 0 bridgehead atoms. The summed E-state index contributed by atoms with van der Waals surface area (Å²) in [5, 5.41) is 6.38. The van der Waals surface area contributed by atoms with Gasteiger partial charge in [0.15, 0.2) is 0 Å². The highest BCUT2D eigenvalue weighted by molar-refractivity contribution is 5.97. The highest BCUT2D eigenvalue weighted by Gasteiger charge is 2.46. The molecule has 2 aromatic carbocycles. The first-order valence-corrected chi connectivity index (χ1v) is 10.5. The summed E-state index contributed by atoms with van der Waals surface area (Å²) in [6, 6.07) is 15.3. The van der Waals surface area contributed by atoms with Gasteiger partial charge in [-0.25, -0.2) is 0 Å². The summed E-state index contributed by atoms with van der Waals surface area (Å²) in [6.07, 6.45) is 0.639. The van der Waals surface area contributed by atoms with Crippen LogP contribution in [0.1, 0.15) is 28.7 Å². The fraction of sp³-hybridized carbons (Fsp3) is 0.417. The van der Waals surface area contributed by atoms with E-state index in [9.17, 15) is 9.59 Å². The third-order valence-electron chi connectivity index (χ3n) is 5.98. The average Bonchev–Trinajstić information content (AvgIpc) is 3.17. The molecule has 2 heterocycles. The zero-order chi connectivity index (χ0) is 21.1. The Morgan fingerprint density at radius 3 is 2.70 bits per heavy atom. The number of fused-ring (bicyclic) bond motifs is 1. The number of carbonyl (C=O) groups excluding carboxylic acids is 2. The van der Waals surface area contributed by atoms with Crippen molar-refractivity contribution in [2.45, 2.75) is 51.5 Å². The lowest BCUT2D eigenvalue weighted by atomic mass is 10.0. The molecule has 2 fully saturated rings. The number of nitrogens with zero attached hydrogens (tertiary/aromatic N) is 1. The molecule has 0 spiro atoms. The van der Waals surface area contributed by atoms with Gasteiger partial charge >= 0.3 is 0 Å². The van der Waals surface area contributed by atoms with Crippen LogP contribution in [0.5, 0.6) is 0 Å². The van der Waals surface area contributed by atoms with Gasteiger partial charge < -0.3 is 20.3 Å². The summed E-state index contributed by atoms with van der Waals surface area (Å²) in [6.45, 7) is 6.09. The minimum absolute atomic E-state index is 0.0523. The molecule has 158 valence electrons. The minimum Gasteiger partial charge on any atom is -0.374 e. The lowest BCUT2D eigenvalue weighted by Gasteiger charge is -2.34. The normalized spacial score (nSPS) is 23.4. The Kier molecular flexibility index (Phi) is 6.16. The zero-order valence-corrected chi connectivity index (χ0v) is 17.6. The average molecular weight is 408 g/mol. The van der Waals surface area contributed by atoms with Gasteiger partial charge in [-0.3, -0.25) is 9.59 Å². The predicted octanol–water partition coefficient (Wildman–Crippen LogP) is 2.08. The molecule has 0 aromatic heterocycles. The maximum Gasteiger partial charge on any atom is 0.248 e. The van der Waals surface area contributed by atoms with Crippen LogP contribution < -0.4 is 10.6 Å². The number of aryl methyl sites for hydroxylation is 2. The first-order valence-electron chi connectivity index (χ1n) is 10.5. The molecule has 0 unspecified atom stereocenters. The van der Waals surface area contributed by atoms with E-state index in [4.69, 9.17) is 4.74 Å². The van der Waals surface area contributed by atoms with E-state index in [0.29, 0.717) is 19.6 Å². The monoisotopic (exact) mass is 407 g/mol. The van der Waals surface area contributed by atoms with E-state index in [1.54, 1.807) is 4.90 Å². The van der Waals surface area contributed by atoms with Crippen molar-refractivity contribution >= 4 is 11.8 Å². The lowest BCUT2D eigenvalue weighted by Crippen LogP contribution is -2.62. The Labute approximate surface area is 177 Å². The topological polar surface area (TPSA) is 70.7 Å². The Morgan fingerprint density at radius 2 is 1.93 bits per heavy atom. The van der Waals surface area contributed by atoms with Gasteiger partial charge in [0.05, 0.1) is 13.2 Å². The van der Waals surface area contributed by atoms with E-state index in [2.05, 4.69) is 42.7 Å². The van der Waals surface area contributed by atoms with Gasteiger partial charge in [0.1, 0.15) is 12.1 Å². The van der Waals surface area contributed by atoms with Crippen molar-refractivity contribution in [2.75, 3.05) is 13.2 Å². The molecule has 6 nitrogen and oxygen atoms in total. The van der Waals surface area contributed by atoms with Gasteiger partial charge in [0, 0.05) is 19.1 Å². The molecule has 6 heteroatoms. The van der Waals surface area contributed by atoms with Crippen molar-refractivity contribution in [3.63, 3.8) is 0 Å². The molecular weight excluding hydrogens is 378 g/mol. The van der Waals surface area contributed by atoms with Crippen molar-refractivity contribution in [3.05, 3.63) is 70.8 Å². The van der Waals surface area contributed by atoms with E-state index in [-0.39, 0.29) is 30.5 Å². The Bertz CT molecular complexity index is 915. The molecule has 2 aliphatic heterocycles. The second-order valence-electron chi connectivity index (χ2n) is 8.31. The highest BCUT2D eigenvalue weighted by Crippen LogP contribution is 2.23. The number of benzene rings is 2. The molecule has 3 atom stereocenters. The smallest absolute Gasteiger partial charge is 0.248 e. The van der Waals surface area contributed by atoms with Crippen molar-refractivity contribution in [1.29, 1.82) is 0 Å². The maximum absolute atomic E-state index is 12.9. The maximum atomic E-state index is 12.9. The first kappa shape index (κ1) is 20.6. The molecule has 2 aromatic rings. The third kappa shape index (κ3) is 4.55. The molecule has 0 radical (unpaired) electrons. The molecular formula is C24H29N3O3. The van der Waals surface area contributed by atoms with Gasteiger partial charge in [-0.2, -0.15) is 0 Å². The van der Waals surface area contributed by atoms with Crippen LogP contribution in [-0.4, -0.2) is 48.0 Å². The number of hydrogen-bond donors (Lipinski definition) is 2. The number of rotatable bonds is 7. The Balaban J connectivity index is 1.31. The van der Waals surface area contributed by atoms with E-state index in [1.165, 1.54) is 16.7 Å². The number of nitrogens with one attached hydrogen (secondary N) is 2. The van der Waals surface area contributed by atoms with Crippen LogP contribution in [0, 0.1) is 13.8 Å². The van der Waals surface area contributed by atoms with Crippen LogP contribution in [-0.2, 0) is 27.5 Å². The van der Waals surface area contributed by atoms with Gasteiger partial charge in [-0.15, -0.1) is 0 Å². The standard InChI is InChI=1S/C24H29N3O3/c1-16-8-9-19(17(2)10-16)12-25-20-11-22-23(28)26-21(24(29)27(22)13-20)15-30-14-18-6-4-3-5-7-18/h3-10,20-22,25H,11-15H2,1-2H3,(H,26,28)/t20-,21-,22-/m0/s1. The summed E-state index contributed by atoms with van der Waals surface area (Å²) in [5.41, 5.74) is 4.79. The minimum atomic E-state index is -0.615. The largest absolute Gasteiger partial charge is 0.374 e. The van der Waals surface area contributed by atoms with Crippen LogP contribution in [0.2, 0.25) is 0 Å². The molecule has 2 amide bonds. The molecule has 4 rings (SSSR count). The number of amides is 2. The third-order valence-corrected chi connectivity index (χ3v) is 5.98. The Morgan fingerprint density at radius 1 is 1.13 bits per heavy atom. The predicted molar refractivity (Wildman–Crippen MR) is 115 cm³/mol. The summed E-state index contributed by atoms with van der Waals surface area (Å²) < 4.78 is 5.70. The van der Waals surface area contributed by atoms with Crippen LogP contribution >= 0.6 is 0 Å². The number of carbonyl (C=O) groups is 2. The van der Waals surface area contributed by atoms with Crippen LogP contribution in [0.4, 0.5) is 0 Å². The van der Waals surface area contributed by atoms with Crippen LogP contribution in [0.25, 0.3) is 0 Å². The molecule has 2 saturated heterocycles. The SMILES string of the molecule is Cc1ccc(CN[C@H]2C[C@H]3C(=O)N[C@@H](COCc4ccccc4)C(=O)N3C2)c(C)c1. The van der Waals surface area contributed by atoms with Crippen LogP contribution in [0.3, 0.4) is 0 Å². The van der Waals surface area contributed by atoms with E-state index >= 15 is 0 Å². The van der Waals surface area contributed by atoms with Crippen LogP contribution in [0.15, 0.2) is 48.5 Å². The second-order valence-corrected chi connectivity index (χ2v) is 8.31. The molecule has 30 heavy (non-hydrogen) atoms. The number of ether oxygens (including phenoxy) is 1. The summed E-state index contributed by atoms with van der Waals surface area (Å²) in [5.74, 6) is -0.137. The van der Waals surface area contributed by atoms with Gasteiger partial charge in [0.25, 0.3) is 0 Å². The van der Waals surface area contributed by atoms with Crippen molar-refractivity contribution < 1.29 is 14.3 Å². The highest BCUT2D eigenvalue weighted by atomic mass is 16.5. The first-order chi connectivity index (χ1) is 14.5. The fourth-order valence-corrected chi connectivity index (χ4v) is 4.29. The van der Waals surface area contributed by atoms with E-state index in [0.717, 1.165) is 12.1 Å². The molecule has 0 aliphatic carbocycles. The van der Waals surface area contributed by atoms with E-state index in [1.807, 2.05) is 30.3 Å². The van der Waals surface area contributed by atoms with Crippen molar-refractivity contribution in [3.8, 4) is 0 Å². The van der Waals surface area contributed by atoms with Gasteiger partial charge in [0.2, 0.25) is 11.8 Å². The van der Waals surface area contributed by atoms with Gasteiger partial charge in [-0.05, 0) is 37.0 Å². The van der Waals surface area contributed by atoms with E-state index < -0.39 is 6.04 Å². The molecule has 0 saturated carbocycles. The van der Waals surface area contributed by atoms with Crippen molar-refractivity contribution in [1.82, 2.24) is 15.5 Å². The summed E-state index contributed by atoms with van der Waals surface area (Å²) in [7, 11) is 0. The summed E-state index contributed by atoms with van der Waals surface area (Å²) >= 11 is 0. The molecule has 2 N–H and O–H groups in total. The lowest BCUT2D eigenvalue weighted by molar-refractivity contribution is -0.148. The Hall–Kier alpha value is -2.70. The quantitative estimate of drug-likeness (QED) is 0.737. The van der Waals surface area contributed by atoms with Gasteiger partial charge in [-0.1, -0.05) is 54.1 Å². The number of piperazine rings is 1. The van der Waals surface area contributed by atoms with Crippen molar-refractivity contribution in [2.24, 2.45) is 0 Å². The number of hydrogen-bond acceptors (Lipinski definition) is 4. The second kappa shape index (κ2) is 8.98. The zero-order valence-electron chi connectivity index (χ0n) is 17.6. The summed E-state index contributed by atoms with van der Waals surface area (Å²) in [4.78, 5) is 27.2. The molecule has 2 aliphatic rings. The fourth-order valence-electron chi connectivity index (χ4n) is 4.29.